The predicted octanol–water partition coefficient (Wildman–Crippen LogP) is 7.93. The maximum Gasteiger partial charge on any atom is 0.162 e. The van der Waals surface area contributed by atoms with E-state index in [1.54, 1.807) is 0 Å². The van der Waals surface area contributed by atoms with Gasteiger partial charge in [-0.15, -0.1) is 6.42 Å². The van der Waals surface area contributed by atoms with Crippen molar-refractivity contribution >= 4 is 0 Å². The summed E-state index contributed by atoms with van der Waals surface area (Å²) in [6.45, 7) is 5.99. The van der Waals surface area contributed by atoms with Crippen LogP contribution < -0.4 is 9.47 Å². The minimum Gasteiger partial charge on any atom is -0.490 e. The van der Waals surface area contributed by atoms with E-state index in [0.717, 1.165) is 43.1 Å². The molecule has 1 aromatic rings. The number of ether oxygens (including phenoxy) is 2. The number of hydrogen-bond donors (Lipinski definition) is 0. The Morgan fingerprint density at radius 2 is 1.11 bits per heavy atom. The first kappa shape index (κ1) is 24.4. The van der Waals surface area contributed by atoms with E-state index in [2.05, 4.69) is 19.8 Å². The molecule has 0 aliphatic carbocycles. The zero-order chi connectivity index (χ0) is 20.3. The molecule has 2 nitrogen and oxygen atoms in total. The van der Waals surface area contributed by atoms with Gasteiger partial charge >= 0.3 is 0 Å². The van der Waals surface area contributed by atoms with Gasteiger partial charge in [0.2, 0.25) is 0 Å². The molecule has 0 heterocycles. The molecule has 1 aromatic carbocycles. The largest absolute Gasteiger partial charge is 0.490 e. The average molecular weight is 387 g/mol. The molecule has 0 aromatic heterocycles. The Hall–Kier alpha value is -1.62. The summed E-state index contributed by atoms with van der Waals surface area (Å²) in [6.07, 6.45) is 23.5. The molecule has 0 saturated carbocycles. The lowest BCUT2D eigenvalue weighted by Crippen LogP contribution is -2.03. The lowest BCUT2D eigenvalue weighted by molar-refractivity contribution is 0.258. The van der Waals surface area contributed by atoms with Crippen molar-refractivity contribution in [2.24, 2.45) is 0 Å². The summed E-state index contributed by atoms with van der Waals surface area (Å²) in [5, 5.41) is 0. The fraction of sp³-hybridized carbons (Fsp3) is 0.692. The summed E-state index contributed by atoms with van der Waals surface area (Å²) in [5.41, 5.74) is 0.845. The monoisotopic (exact) mass is 386 g/mol. The third-order valence-corrected chi connectivity index (χ3v) is 5.12. The summed E-state index contributed by atoms with van der Waals surface area (Å²) in [4.78, 5) is 0. The molecule has 0 amide bonds. The zero-order valence-corrected chi connectivity index (χ0v) is 18.4. The van der Waals surface area contributed by atoms with Crippen LogP contribution in [0.4, 0.5) is 0 Å². The SMILES string of the molecule is C#Cc1ccc(OCCCCCCCCC)c(OCCCCCCCCC)c1. The number of unbranched alkanes of at least 4 members (excludes halogenated alkanes) is 12. The highest BCUT2D eigenvalue weighted by atomic mass is 16.5. The van der Waals surface area contributed by atoms with Crippen LogP contribution in [-0.2, 0) is 0 Å². The number of hydrogen-bond acceptors (Lipinski definition) is 2. The van der Waals surface area contributed by atoms with Gasteiger partial charge in [0.25, 0.3) is 0 Å². The van der Waals surface area contributed by atoms with E-state index < -0.39 is 0 Å². The van der Waals surface area contributed by atoms with Crippen molar-refractivity contribution in [2.45, 2.75) is 104 Å². The van der Waals surface area contributed by atoms with Gasteiger partial charge in [0.1, 0.15) is 0 Å². The molecule has 0 spiro atoms. The molecule has 0 N–H and O–H groups in total. The van der Waals surface area contributed by atoms with Crippen LogP contribution in [0, 0.1) is 12.3 Å². The van der Waals surface area contributed by atoms with Crippen LogP contribution in [-0.4, -0.2) is 13.2 Å². The van der Waals surface area contributed by atoms with E-state index in [4.69, 9.17) is 15.9 Å². The van der Waals surface area contributed by atoms with Gasteiger partial charge in [-0.1, -0.05) is 96.8 Å². The molecule has 0 atom stereocenters. The molecule has 0 radical (unpaired) electrons. The fourth-order valence-corrected chi connectivity index (χ4v) is 3.31. The molecule has 0 unspecified atom stereocenters. The zero-order valence-electron chi connectivity index (χ0n) is 18.4. The topological polar surface area (TPSA) is 18.5 Å². The van der Waals surface area contributed by atoms with Crippen molar-refractivity contribution in [3.05, 3.63) is 23.8 Å². The first-order valence-corrected chi connectivity index (χ1v) is 11.7. The lowest BCUT2D eigenvalue weighted by Gasteiger charge is -2.13. The van der Waals surface area contributed by atoms with Gasteiger partial charge < -0.3 is 9.47 Å². The van der Waals surface area contributed by atoms with E-state index in [0.29, 0.717) is 0 Å². The Kier molecular flexibility index (Phi) is 15.2. The van der Waals surface area contributed by atoms with Gasteiger partial charge in [0.05, 0.1) is 13.2 Å². The van der Waals surface area contributed by atoms with Crippen LogP contribution in [0.15, 0.2) is 18.2 Å². The van der Waals surface area contributed by atoms with Crippen LogP contribution in [0.3, 0.4) is 0 Å². The van der Waals surface area contributed by atoms with Crippen LogP contribution >= 0.6 is 0 Å². The summed E-state index contributed by atoms with van der Waals surface area (Å²) in [5.74, 6) is 4.31. The molecule has 2 heteroatoms. The van der Waals surface area contributed by atoms with Crippen molar-refractivity contribution in [1.82, 2.24) is 0 Å². The van der Waals surface area contributed by atoms with Crippen LogP contribution in [0.25, 0.3) is 0 Å². The second-order valence-electron chi connectivity index (χ2n) is 7.75. The molecular formula is C26H42O2. The fourth-order valence-electron chi connectivity index (χ4n) is 3.31. The predicted molar refractivity (Wildman–Crippen MR) is 121 cm³/mol. The van der Waals surface area contributed by atoms with Crippen molar-refractivity contribution < 1.29 is 9.47 Å². The maximum atomic E-state index is 6.01. The van der Waals surface area contributed by atoms with Gasteiger partial charge in [-0.25, -0.2) is 0 Å². The molecule has 0 aliphatic rings. The minimum absolute atomic E-state index is 0.732. The number of benzene rings is 1. The molecule has 0 saturated heterocycles. The highest BCUT2D eigenvalue weighted by molar-refractivity contribution is 5.47. The van der Waals surface area contributed by atoms with E-state index in [1.807, 2.05) is 18.2 Å². The lowest BCUT2D eigenvalue weighted by atomic mass is 10.1. The molecule has 28 heavy (non-hydrogen) atoms. The Bertz CT molecular complexity index is 530. The van der Waals surface area contributed by atoms with Crippen LogP contribution in [0.5, 0.6) is 11.5 Å². The maximum absolute atomic E-state index is 6.01. The van der Waals surface area contributed by atoms with Crippen molar-refractivity contribution in [2.75, 3.05) is 13.2 Å². The van der Waals surface area contributed by atoms with E-state index in [1.165, 1.54) is 77.0 Å². The molecule has 1 rings (SSSR count). The summed E-state index contributed by atoms with van der Waals surface area (Å²) < 4.78 is 12.0. The quantitative estimate of drug-likeness (QED) is 0.188. The first-order valence-electron chi connectivity index (χ1n) is 11.7. The third kappa shape index (κ3) is 12.0. The van der Waals surface area contributed by atoms with Crippen LogP contribution in [0.1, 0.15) is 109 Å². The highest BCUT2D eigenvalue weighted by Crippen LogP contribution is 2.29. The molecule has 0 bridgehead atoms. The minimum atomic E-state index is 0.732. The standard InChI is InChI=1S/C26H42O2/c1-4-7-9-11-13-15-17-21-27-25-20-19-24(6-3)23-26(25)28-22-18-16-14-12-10-8-5-2/h3,19-20,23H,4-5,7-18,21-22H2,1-2H3. The van der Waals surface area contributed by atoms with Crippen molar-refractivity contribution in [1.29, 1.82) is 0 Å². The molecule has 0 aliphatic heterocycles. The Morgan fingerprint density at radius 3 is 1.61 bits per heavy atom. The highest BCUT2D eigenvalue weighted by Gasteiger charge is 2.06. The summed E-state index contributed by atoms with van der Waals surface area (Å²) in [7, 11) is 0. The molecular weight excluding hydrogens is 344 g/mol. The smallest absolute Gasteiger partial charge is 0.162 e. The molecule has 0 fully saturated rings. The second-order valence-corrected chi connectivity index (χ2v) is 7.75. The Morgan fingerprint density at radius 1 is 0.643 bits per heavy atom. The number of terminal acetylenes is 1. The van der Waals surface area contributed by atoms with Gasteiger partial charge in [0.15, 0.2) is 11.5 Å². The molecule has 158 valence electrons. The van der Waals surface area contributed by atoms with Gasteiger partial charge in [-0.05, 0) is 31.0 Å². The van der Waals surface area contributed by atoms with Crippen molar-refractivity contribution in [3.63, 3.8) is 0 Å². The Labute approximate surface area is 174 Å². The van der Waals surface area contributed by atoms with Crippen molar-refractivity contribution in [3.8, 4) is 23.8 Å². The van der Waals surface area contributed by atoms with Gasteiger partial charge in [0, 0.05) is 5.56 Å². The third-order valence-electron chi connectivity index (χ3n) is 5.12. The summed E-state index contributed by atoms with van der Waals surface area (Å²) >= 11 is 0. The summed E-state index contributed by atoms with van der Waals surface area (Å²) in [6, 6.07) is 5.82. The Balaban J connectivity index is 2.28. The van der Waals surface area contributed by atoms with Gasteiger partial charge in [-0.3, -0.25) is 0 Å². The average Bonchev–Trinajstić information content (AvgIpc) is 2.72. The van der Waals surface area contributed by atoms with Gasteiger partial charge in [-0.2, -0.15) is 0 Å². The second kappa shape index (κ2) is 17.5. The van der Waals surface area contributed by atoms with E-state index >= 15 is 0 Å². The van der Waals surface area contributed by atoms with E-state index in [9.17, 15) is 0 Å². The van der Waals surface area contributed by atoms with E-state index in [-0.39, 0.29) is 0 Å². The first-order chi connectivity index (χ1) is 13.8. The van der Waals surface area contributed by atoms with Crippen LogP contribution in [0.2, 0.25) is 0 Å². The normalized spacial score (nSPS) is 10.6. The number of rotatable bonds is 18.